The number of nitrogens with one attached hydrogen (secondary N) is 2. The van der Waals surface area contributed by atoms with Crippen LogP contribution in [0.15, 0.2) is 36.4 Å². The zero-order valence-corrected chi connectivity index (χ0v) is 14.7. The Morgan fingerprint density at radius 3 is 2.37 bits per heavy atom. The molecule has 0 atom stereocenters. The Hall–Kier alpha value is -3.49. The van der Waals surface area contributed by atoms with Gasteiger partial charge < -0.3 is 15.4 Å². The van der Waals surface area contributed by atoms with Gasteiger partial charge in [-0.1, -0.05) is 6.07 Å². The van der Waals surface area contributed by atoms with E-state index in [1.54, 1.807) is 6.92 Å². The first-order chi connectivity index (χ1) is 12.8. The maximum Gasteiger partial charge on any atom is 0.270 e. The lowest BCUT2D eigenvalue weighted by molar-refractivity contribution is -0.384. The van der Waals surface area contributed by atoms with Crippen LogP contribution in [-0.2, 0) is 0 Å². The highest BCUT2D eigenvalue weighted by Gasteiger charge is 2.17. The van der Waals surface area contributed by atoms with Crippen molar-refractivity contribution in [2.45, 2.75) is 6.92 Å². The van der Waals surface area contributed by atoms with Crippen LogP contribution in [0.1, 0.15) is 26.3 Å². The van der Waals surface area contributed by atoms with Gasteiger partial charge in [0.15, 0.2) is 0 Å². The third-order valence-corrected chi connectivity index (χ3v) is 3.77. The third-order valence-electron chi connectivity index (χ3n) is 3.77. The van der Waals surface area contributed by atoms with E-state index in [4.69, 9.17) is 4.74 Å². The van der Waals surface area contributed by atoms with Gasteiger partial charge in [-0.15, -0.1) is 0 Å². The largest absolute Gasteiger partial charge is 0.496 e. The van der Waals surface area contributed by atoms with E-state index in [1.807, 2.05) is 0 Å². The average molecular weight is 375 g/mol. The number of nitro benzene ring substituents is 1. The molecule has 0 aliphatic rings. The van der Waals surface area contributed by atoms with E-state index in [1.165, 1.54) is 31.4 Å². The van der Waals surface area contributed by atoms with Gasteiger partial charge in [-0.05, 0) is 30.7 Å². The van der Waals surface area contributed by atoms with Crippen LogP contribution in [0.25, 0.3) is 0 Å². The number of rotatable bonds is 7. The summed E-state index contributed by atoms with van der Waals surface area (Å²) in [7, 11) is 1.35. The number of ether oxygens (including phenoxy) is 1. The minimum Gasteiger partial charge on any atom is -0.496 e. The fourth-order valence-electron chi connectivity index (χ4n) is 2.27. The van der Waals surface area contributed by atoms with Crippen molar-refractivity contribution in [1.82, 2.24) is 10.6 Å². The minimum atomic E-state index is -0.614. The van der Waals surface area contributed by atoms with Crippen LogP contribution in [-0.4, -0.2) is 36.9 Å². The van der Waals surface area contributed by atoms with E-state index in [2.05, 4.69) is 10.6 Å². The lowest BCUT2D eigenvalue weighted by Crippen LogP contribution is -2.34. The number of benzene rings is 2. The fraction of sp³-hybridized carbons (Fsp3) is 0.222. The first-order valence-electron chi connectivity index (χ1n) is 7.98. The summed E-state index contributed by atoms with van der Waals surface area (Å²) in [6.45, 7) is 1.76. The molecule has 0 fully saturated rings. The number of amides is 2. The van der Waals surface area contributed by atoms with Gasteiger partial charge in [-0.25, -0.2) is 4.39 Å². The number of aryl methyl sites for hydroxylation is 1. The molecule has 0 saturated carbocycles. The SMILES string of the molecule is COc1ccc([N+](=O)[O-])cc1C(=O)NCCNC(=O)c1ccc(C)c(F)c1. The van der Waals surface area contributed by atoms with Gasteiger partial charge in [0.05, 0.1) is 17.6 Å². The molecule has 2 aromatic carbocycles. The van der Waals surface area contributed by atoms with Gasteiger partial charge in [0.25, 0.3) is 17.5 Å². The molecule has 0 heterocycles. The molecule has 0 aliphatic heterocycles. The quantitative estimate of drug-likeness (QED) is 0.438. The number of non-ortho nitro benzene ring substituents is 1. The summed E-state index contributed by atoms with van der Waals surface area (Å²) in [5, 5.41) is 15.9. The van der Waals surface area contributed by atoms with Crippen LogP contribution in [0.2, 0.25) is 0 Å². The Balaban J connectivity index is 1.92. The Labute approximate surface area is 154 Å². The molecule has 2 amide bonds. The number of nitro groups is 1. The average Bonchev–Trinajstić information content (AvgIpc) is 2.66. The second-order valence-corrected chi connectivity index (χ2v) is 5.62. The normalized spacial score (nSPS) is 10.2. The molecule has 0 aromatic heterocycles. The van der Waals surface area contributed by atoms with Gasteiger partial charge in [0, 0.05) is 30.8 Å². The van der Waals surface area contributed by atoms with Crippen LogP contribution in [0.5, 0.6) is 5.75 Å². The predicted octanol–water partition coefficient (Wildman–Crippen LogP) is 2.21. The van der Waals surface area contributed by atoms with E-state index < -0.39 is 22.6 Å². The van der Waals surface area contributed by atoms with E-state index in [0.717, 1.165) is 12.1 Å². The molecule has 142 valence electrons. The molecule has 0 saturated heterocycles. The number of hydrogen-bond donors (Lipinski definition) is 2. The molecule has 0 bridgehead atoms. The van der Waals surface area contributed by atoms with Crippen LogP contribution in [0.4, 0.5) is 10.1 Å². The smallest absolute Gasteiger partial charge is 0.270 e. The lowest BCUT2D eigenvalue weighted by atomic mass is 10.1. The highest BCUT2D eigenvalue weighted by atomic mass is 19.1. The van der Waals surface area contributed by atoms with Gasteiger partial charge in [-0.3, -0.25) is 19.7 Å². The molecular weight excluding hydrogens is 357 g/mol. The molecule has 2 N–H and O–H groups in total. The van der Waals surface area contributed by atoms with Crippen molar-refractivity contribution in [3.05, 3.63) is 69.0 Å². The first-order valence-corrected chi connectivity index (χ1v) is 7.98. The zero-order valence-electron chi connectivity index (χ0n) is 14.7. The summed E-state index contributed by atoms with van der Waals surface area (Å²) < 4.78 is 18.5. The fourth-order valence-corrected chi connectivity index (χ4v) is 2.27. The van der Waals surface area contributed by atoms with Crippen LogP contribution >= 0.6 is 0 Å². The molecule has 0 unspecified atom stereocenters. The van der Waals surface area contributed by atoms with Crippen LogP contribution < -0.4 is 15.4 Å². The number of carbonyl (C=O) groups is 2. The maximum absolute atomic E-state index is 13.5. The molecule has 0 spiro atoms. The number of hydrogen-bond acceptors (Lipinski definition) is 5. The number of halogens is 1. The molecule has 27 heavy (non-hydrogen) atoms. The first kappa shape index (κ1) is 19.8. The summed E-state index contributed by atoms with van der Waals surface area (Å²) in [5.41, 5.74) is 0.378. The lowest BCUT2D eigenvalue weighted by Gasteiger charge is -2.10. The maximum atomic E-state index is 13.5. The molecule has 0 radical (unpaired) electrons. The monoisotopic (exact) mass is 375 g/mol. The van der Waals surface area contributed by atoms with Crippen LogP contribution in [0.3, 0.4) is 0 Å². The highest BCUT2D eigenvalue weighted by molar-refractivity contribution is 5.97. The molecule has 8 nitrogen and oxygen atoms in total. The number of carbonyl (C=O) groups excluding carboxylic acids is 2. The van der Waals surface area contributed by atoms with Crippen molar-refractivity contribution in [1.29, 1.82) is 0 Å². The summed E-state index contributed by atoms with van der Waals surface area (Å²) in [5.74, 6) is -1.34. The number of methoxy groups -OCH3 is 1. The standard InChI is InChI=1S/C18H18FN3O5/c1-11-3-4-12(9-15(11)19)17(23)20-7-8-21-18(24)14-10-13(22(25)26)5-6-16(14)27-2/h3-6,9-10H,7-8H2,1-2H3,(H,20,23)(H,21,24). The molecule has 2 rings (SSSR count). The second-order valence-electron chi connectivity index (χ2n) is 5.62. The number of nitrogens with zero attached hydrogens (tertiary/aromatic N) is 1. The van der Waals surface area contributed by atoms with Crippen molar-refractivity contribution >= 4 is 17.5 Å². The minimum absolute atomic E-state index is 0.0126. The van der Waals surface area contributed by atoms with Crippen molar-refractivity contribution in [2.24, 2.45) is 0 Å². The Morgan fingerprint density at radius 2 is 1.78 bits per heavy atom. The van der Waals surface area contributed by atoms with E-state index in [-0.39, 0.29) is 35.7 Å². The van der Waals surface area contributed by atoms with Gasteiger partial charge in [0.2, 0.25) is 0 Å². The molecule has 2 aromatic rings. The van der Waals surface area contributed by atoms with Crippen LogP contribution in [0, 0.1) is 22.9 Å². The predicted molar refractivity (Wildman–Crippen MR) is 95.5 cm³/mol. The van der Waals surface area contributed by atoms with E-state index >= 15 is 0 Å². The van der Waals surface area contributed by atoms with E-state index in [9.17, 15) is 24.1 Å². The zero-order chi connectivity index (χ0) is 20.0. The Bertz CT molecular complexity index is 885. The summed E-state index contributed by atoms with van der Waals surface area (Å²) in [6.07, 6.45) is 0. The summed E-state index contributed by atoms with van der Waals surface area (Å²) in [6, 6.07) is 7.82. The second kappa shape index (κ2) is 8.75. The van der Waals surface area contributed by atoms with Crippen molar-refractivity contribution in [3.8, 4) is 5.75 Å². The third kappa shape index (κ3) is 5.00. The van der Waals surface area contributed by atoms with Crippen molar-refractivity contribution in [2.75, 3.05) is 20.2 Å². The summed E-state index contributed by atoms with van der Waals surface area (Å²) >= 11 is 0. The van der Waals surface area contributed by atoms with Gasteiger partial charge >= 0.3 is 0 Å². The molecule has 9 heteroatoms. The Kier molecular flexibility index (Phi) is 6.42. The summed E-state index contributed by atoms with van der Waals surface area (Å²) in [4.78, 5) is 34.4. The van der Waals surface area contributed by atoms with Gasteiger partial charge in [0.1, 0.15) is 11.6 Å². The van der Waals surface area contributed by atoms with Crippen molar-refractivity contribution in [3.63, 3.8) is 0 Å². The molecule has 0 aliphatic carbocycles. The van der Waals surface area contributed by atoms with Gasteiger partial charge in [-0.2, -0.15) is 0 Å². The Morgan fingerprint density at radius 1 is 1.11 bits per heavy atom. The highest BCUT2D eigenvalue weighted by Crippen LogP contribution is 2.23. The van der Waals surface area contributed by atoms with E-state index in [0.29, 0.717) is 5.56 Å². The molecular formula is C18H18FN3O5. The topological polar surface area (TPSA) is 111 Å². The van der Waals surface area contributed by atoms with Crippen molar-refractivity contribution < 1.29 is 23.6 Å².